The first-order valence-electron chi connectivity index (χ1n) is 10.8. The predicted octanol–water partition coefficient (Wildman–Crippen LogP) is 7.33. The Bertz CT molecular complexity index is 640. The van der Waals surface area contributed by atoms with Crippen LogP contribution in [0.2, 0.25) is 0 Å². The van der Waals surface area contributed by atoms with Gasteiger partial charge in [-0.05, 0) is 49.9 Å². The molecule has 15 heteroatoms. The van der Waals surface area contributed by atoms with Gasteiger partial charge in [0.2, 0.25) is 0 Å². The van der Waals surface area contributed by atoms with E-state index in [0.717, 1.165) is 6.92 Å². The number of hydrogen-bond donors (Lipinski definition) is 1. The number of hydrogen-bond acceptors (Lipinski definition) is 3. The molecule has 1 N–H and O–H groups in total. The van der Waals surface area contributed by atoms with Crippen molar-refractivity contribution in [3.63, 3.8) is 0 Å². The molecule has 1 fully saturated rings. The molecule has 0 heterocycles. The van der Waals surface area contributed by atoms with E-state index < -0.39 is 79.9 Å². The summed E-state index contributed by atoms with van der Waals surface area (Å²) in [6.07, 6.45) is -29.4. The van der Waals surface area contributed by atoms with Gasteiger partial charge >= 0.3 is 24.7 Å². The summed E-state index contributed by atoms with van der Waals surface area (Å²) in [5, 5.41) is 9.30. The smallest absolute Gasteiger partial charge is 0.374 e. The van der Waals surface area contributed by atoms with E-state index in [1.54, 1.807) is 0 Å². The Balaban J connectivity index is 3.02. The highest BCUT2D eigenvalue weighted by Gasteiger charge is 2.72. The fourth-order valence-electron chi connectivity index (χ4n) is 4.17. The zero-order valence-electron chi connectivity index (χ0n) is 19.1. The van der Waals surface area contributed by atoms with Crippen LogP contribution in [0.15, 0.2) is 0 Å². The van der Waals surface area contributed by atoms with Crippen LogP contribution in [0.1, 0.15) is 59.3 Å². The van der Waals surface area contributed by atoms with Gasteiger partial charge in [0.25, 0.3) is 11.2 Å². The summed E-state index contributed by atoms with van der Waals surface area (Å²) in [6.45, 7) is 2.54. The Hall–Kier alpha value is -0.960. The quantitative estimate of drug-likeness (QED) is 0.231. The van der Waals surface area contributed by atoms with Crippen molar-refractivity contribution in [2.75, 3.05) is 6.79 Å². The summed E-state index contributed by atoms with van der Waals surface area (Å²) in [6, 6.07) is 0. The van der Waals surface area contributed by atoms with Gasteiger partial charge in [-0.15, -0.1) is 0 Å². The fraction of sp³-hybridized carbons (Fsp3) is 1.00. The molecule has 0 spiro atoms. The van der Waals surface area contributed by atoms with Gasteiger partial charge in [-0.25, -0.2) is 0 Å². The van der Waals surface area contributed by atoms with E-state index in [1.807, 2.05) is 0 Å². The van der Waals surface area contributed by atoms with Crippen LogP contribution in [0.4, 0.5) is 52.7 Å². The summed E-state index contributed by atoms with van der Waals surface area (Å²) in [5.41, 5.74) is -9.59. The van der Waals surface area contributed by atoms with Gasteiger partial charge in [-0.1, -0.05) is 27.2 Å². The first-order valence-corrected chi connectivity index (χ1v) is 10.8. The van der Waals surface area contributed by atoms with Crippen LogP contribution in [0.25, 0.3) is 0 Å². The molecule has 0 aliphatic heterocycles. The summed E-state index contributed by atoms with van der Waals surface area (Å²) in [5.74, 6) is -2.50. The molecule has 35 heavy (non-hydrogen) atoms. The largest absolute Gasteiger partial charge is 0.426 e. The number of alkyl halides is 12. The third-order valence-electron chi connectivity index (χ3n) is 6.52. The second-order valence-corrected chi connectivity index (χ2v) is 9.24. The third-order valence-corrected chi connectivity index (χ3v) is 6.52. The normalized spacial score (nSPS) is 24.2. The summed E-state index contributed by atoms with van der Waals surface area (Å²) in [7, 11) is 0. The molecule has 4 unspecified atom stereocenters. The van der Waals surface area contributed by atoms with Crippen molar-refractivity contribution in [1.82, 2.24) is 0 Å². The minimum Gasteiger partial charge on any atom is -0.374 e. The maximum atomic E-state index is 13.5. The minimum absolute atomic E-state index is 0.00693. The van der Waals surface area contributed by atoms with Crippen molar-refractivity contribution in [1.29, 1.82) is 0 Å². The van der Waals surface area contributed by atoms with E-state index in [4.69, 9.17) is 4.74 Å². The summed E-state index contributed by atoms with van der Waals surface area (Å²) >= 11 is 0. The predicted molar refractivity (Wildman–Crippen MR) is 97.9 cm³/mol. The van der Waals surface area contributed by atoms with Gasteiger partial charge < -0.3 is 14.6 Å². The van der Waals surface area contributed by atoms with Crippen molar-refractivity contribution >= 4 is 0 Å². The fourth-order valence-corrected chi connectivity index (χ4v) is 4.17. The van der Waals surface area contributed by atoms with Crippen LogP contribution in [0.3, 0.4) is 0 Å². The molecule has 0 saturated heterocycles. The molecule has 0 aromatic rings. The van der Waals surface area contributed by atoms with Gasteiger partial charge in [-0.2, -0.15) is 52.7 Å². The summed E-state index contributed by atoms with van der Waals surface area (Å²) < 4.78 is 168. The maximum absolute atomic E-state index is 13.5. The molecule has 0 amide bonds. The van der Waals surface area contributed by atoms with E-state index in [9.17, 15) is 57.8 Å². The zero-order valence-corrected chi connectivity index (χ0v) is 19.1. The van der Waals surface area contributed by atoms with Crippen LogP contribution in [-0.4, -0.2) is 53.9 Å². The lowest BCUT2D eigenvalue weighted by atomic mass is 9.88. The van der Waals surface area contributed by atoms with E-state index in [1.165, 1.54) is 13.8 Å². The Morgan fingerprint density at radius 3 is 1.71 bits per heavy atom. The SMILES string of the molecule is CCC(C)CC(OCOC1CC(C)CC1CCC(O)(C(F)(F)F)C(F)(F)F)(C(F)(F)F)C(F)(F)F. The summed E-state index contributed by atoms with van der Waals surface area (Å²) in [4.78, 5) is 0. The van der Waals surface area contributed by atoms with Crippen LogP contribution in [-0.2, 0) is 9.47 Å². The highest BCUT2D eigenvalue weighted by Crippen LogP contribution is 2.51. The number of ether oxygens (including phenoxy) is 2. The van der Waals surface area contributed by atoms with Crippen LogP contribution >= 0.6 is 0 Å². The standard InChI is InChI=1S/C20H28F12O3/c1-4-11(2)9-16(19(27,28)29,20(30,31)32)35-10-34-14-8-12(3)7-13(14)5-6-15(33,17(21,22)23)18(24,25)26/h11-14,33H,4-10H2,1-3H3. The average Bonchev–Trinajstić information content (AvgIpc) is 3.00. The van der Waals surface area contributed by atoms with Gasteiger partial charge in [0.15, 0.2) is 0 Å². The molecule has 0 aromatic heterocycles. The molecule has 210 valence electrons. The number of rotatable bonds is 10. The van der Waals surface area contributed by atoms with E-state index >= 15 is 0 Å². The first kappa shape index (κ1) is 32.1. The topological polar surface area (TPSA) is 38.7 Å². The Labute approximate surface area is 194 Å². The molecular formula is C20H28F12O3. The molecule has 0 radical (unpaired) electrons. The maximum Gasteiger partial charge on any atom is 0.426 e. The molecule has 4 atom stereocenters. The molecule has 1 saturated carbocycles. The second-order valence-electron chi connectivity index (χ2n) is 9.24. The molecular weight excluding hydrogens is 516 g/mol. The number of aliphatic hydroxyl groups is 1. The lowest BCUT2D eigenvalue weighted by Crippen LogP contribution is -2.60. The lowest BCUT2D eigenvalue weighted by Gasteiger charge is -2.39. The monoisotopic (exact) mass is 544 g/mol. The van der Waals surface area contributed by atoms with Gasteiger partial charge in [0, 0.05) is 0 Å². The minimum atomic E-state index is -6.05. The van der Waals surface area contributed by atoms with Crippen molar-refractivity contribution in [2.24, 2.45) is 17.8 Å². The van der Waals surface area contributed by atoms with Crippen LogP contribution in [0.5, 0.6) is 0 Å². The Kier molecular flexibility index (Phi) is 9.90. The molecule has 3 nitrogen and oxygen atoms in total. The van der Waals surface area contributed by atoms with Crippen molar-refractivity contribution in [2.45, 2.75) is 101 Å². The Morgan fingerprint density at radius 1 is 0.829 bits per heavy atom. The van der Waals surface area contributed by atoms with E-state index in [0.29, 0.717) is 0 Å². The molecule has 1 aliphatic carbocycles. The van der Waals surface area contributed by atoms with Crippen LogP contribution in [0, 0.1) is 17.8 Å². The van der Waals surface area contributed by atoms with Crippen molar-refractivity contribution < 1.29 is 67.3 Å². The molecule has 0 bridgehead atoms. The van der Waals surface area contributed by atoms with Gasteiger partial charge in [0.1, 0.15) is 6.79 Å². The van der Waals surface area contributed by atoms with Crippen molar-refractivity contribution in [3.8, 4) is 0 Å². The molecule has 0 aromatic carbocycles. The van der Waals surface area contributed by atoms with E-state index in [-0.39, 0.29) is 25.2 Å². The van der Waals surface area contributed by atoms with E-state index in [2.05, 4.69) is 4.74 Å². The molecule has 1 rings (SSSR count). The molecule has 1 aliphatic rings. The van der Waals surface area contributed by atoms with Crippen molar-refractivity contribution in [3.05, 3.63) is 0 Å². The van der Waals surface area contributed by atoms with Gasteiger partial charge in [0.05, 0.1) is 6.10 Å². The number of halogens is 12. The highest BCUT2D eigenvalue weighted by atomic mass is 19.4. The first-order chi connectivity index (χ1) is 15.5. The third kappa shape index (κ3) is 7.08. The second kappa shape index (κ2) is 10.8. The van der Waals surface area contributed by atoms with Gasteiger partial charge in [-0.3, -0.25) is 0 Å². The van der Waals surface area contributed by atoms with Crippen LogP contribution < -0.4 is 0 Å². The average molecular weight is 544 g/mol. The Morgan fingerprint density at radius 2 is 1.31 bits per heavy atom. The lowest BCUT2D eigenvalue weighted by molar-refractivity contribution is -0.399. The zero-order chi connectivity index (χ0) is 27.7. The highest BCUT2D eigenvalue weighted by molar-refractivity contribution is 4.97.